The Balaban J connectivity index is 1.39. The Morgan fingerprint density at radius 1 is 1.00 bits per heavy atom. The van der Waals surface area contributed by atoms with Crippen molar-refractivity contribution in [1.82, 2.24) is 14.8 Å². The number of piperazine rings is 1. The lowest BCUT2D eigenvalue weighted by atomic mass is 10.1. The lowest BCUT2D eigenvalue weighted by molar-refractivity contribution is 0.0532. The molecule has 3 aromatic rings. The molecule has 2 aromatic carbocycles. The van der Waals surface area contributed by atoms with E-state index < -0.39 is 0 Å². The van der Waals surface area contributed by atoms with E-state index >= 15 is 0 Å². The third-order valence-corrected chi connectivity index (χ3v) is 6.21. The Hall–Kier alpha value is -3.26. The summed E-state index contributed by atoms with van der Waals surface area (Å²) in [6.45, 7) is 3.72. The molecule has 0 bridgehead atoms. The third kappa shape index (κ3) is 4.44. The molecule has 1 aromatic heterocycles. The fourth-order valence-electron chi connectivity index (χ4n) is 3.51. The minimum absolute atomic E-state index is 0.0716. The van der Waals surface area contributed by atoms with E-state index in [2.05, 4.69) is 4.98 Å². The monoisotopic (exact) mass is 439 g/mol. The number of carbonyl (C=O) groups is 2. The van der Waals surface area contributed by atoms with Gasteiger partial charge in [0.15, 0.2) is 0 Å². The number of aromatic nitrogens is 1. The van der Waals surface area contributed by atoms with Gasteiger partial charge in [0, 0.05) is 42.7 Å². The smallest absolute Gasteiger partial charge is 0.273 e. The van der Waals surface area contributed by atoms with Crippen molar-refractivity contribution in [2.75, 3.05) is 33.3 Å². The number of nitrogens with zero attached hydrogens (tertiary/aromatic N) is 3. The molecule has 0 atom stereocenters. The molecule has 2 amide bonds. The van der Waals surface area contributed by atoms with Gasteiger partial charge in [-0.3, -0.25) is 9.59 Å². The van der Waals surface area contributed by atoms with Crippen molar-refractivity contribution in [3.05, 3.63) is 70.5 Å². The molecule has 1 saturated heterocycles. The Morgan fingerprint density at radius 3 is 2.29 bits per heavy atom. The number of hydrogen-bond donors (Lipinski definition) is 0. The molecule has 0 unspecified atom stereocenters. The molecule has 1 aliphatic heterocycles. The van der Waals surface area contributed by atoms with Crippen LogP contribution in [0.4, 0.5) is 4.39 Å². The van der Waals surface area contributed by atoms with Crippen LogP contribution in [0.1, 0.15) is 26.4 Å². The lowest BCUT2D eigenvalue weighted by Gasteiger charge is -2.34. The number of methoxy groups -OCH3 is 1. The minimum atomic E-state index is -0.312. The fourth-order valence-corrected chi connectivity index (χ4v) is 4.31. The zero-order valence-corrected chi connectivity index (χ0v) is 18.1. The summed E-state index contributed by atoms with van der Waals surface area (Å²) in [7, 11) is 1.58. The molecule has 8 heteroatoms. The normalized spacial score (nSPS) is 13.9. The summed E-state index contributed by atoms with van der Waals surface area (Å²) in [5.41, 5.74) is 2.69. The van der Waals surface area contributed by atoms with Crippen molar-refractivity contribution >= 4 is 23.2 Å². The maximum atomic E-state index is 13.1. The first kappa shape index (κ1) is 21.0. The zero-order valence-electron chi connectivity index (χ0n) is 17.3. The molecule has 0 aliphatic carbocycles. The van der Waals surface area contributed by atoms with Gasteiger partial charge in [0.1, 0.15) is 22.3 Å². The Labute approximate surface area is 183 Å². The van der Waals surface area contributed by atoms with Crippen molar-refractivity contribution in [3.63, 3.8) is 0 Å². The van der Waals surface area contributed by atoms with Gasteiger partial charge in [-0.1, -0.05) is 6.07 Å². The Morgan fingerprint density at radius 2 is 1.65 bits per heavy atom. The fraction of sp³-hybridized carbons (Fsp3) is 0.261. The Kier molecular flexibility index (Phi) is 5.99. The zero-order chi connectivity index (χ0) is 22.0. The molecule has 1 aliphatic rings. The van der Waals surface area contributed by atoms with Crippen LogP contribution in [0, 0.1) is 12.7 Å². The predicted molar refractivity (Wildman–Crippen MR) is 117 cm³/mol. The van der Waals surface area contributed by atoms with Crippen molar-refractivity contribution in [2.24, 2.45) is 0 Å². The second-order valence-electron chi connectivity index (χ2n) is 7.31. The highest BCUT2D eigenvalue weighted by Gasteiger charge is 2.27. The summed E-state index contributed by atoms with van der Waals surface area (Å²) >= 11 is 1.35. The van der Waals surface area contributed by atoms with E-state index in [1.807, 2.05) is 13.0 Å². The number of halogens is 1. The lowest BCUT2D eigenvalue weighted by Crippen LogP contribution is -2.50. The molecule has 0 saturated carbocycles. The molecule has 0 radical (unpaired) electrons. The molecule has 1 fully saturated rings. The van der Waals surface area contributed by atoms with E-state index in [1.54, 1.807) is 46.6 Å². The number of aryl methyl sites for hydroxylation is 1. The Bertz CT molecular complexity index is 1110. The van der Waals surface area contributed by atoms with Gasteiger partial charge in [0.2, 0.25) is 0 Å². The van der Waals surface area contributed by atoms with Gasteiger partial charge < -0.3 is 14.5 Å². The van der Waals surface area contributed by atoms with Crippen molar-refractivity contribution in [3.8, 4) is 16.3 Å². The molecule has 6 nitrogen and oxygen atoms in total. The summed E-state index contributed by atoms with van der Waals surface area (Å²) < 4.78 is 18.4. The minimum Gasteiger partial charge on any atom is -0.496 e. The molecular weight excluding hydrogens is 417 g/mol. The summed E-state index contributed by atoms with van der Waals surface area (Å²) in [5, 5.41) is 2.39. The van der Waals surface area contributed by atoms with Crippen LogP contribution in [0.25, 0.3) is 10.6 Å². The van der Waals surface area contributed by atoms with Gasteiger partial charge in [-0.25, -0.2) is 9.37 Å². The van der Waals surface area contributed by atoms with Gasteiger partial charge in [0.05, 0.1) is 7.11 Å². The summed E-state index contributed by atoms with van der Waals surface area (Å²) in [5.74, 6) is 0.139. The first-order valence-corrected chi connectivity index (χ1v) is 10.8. The van der Waals surface area contributed by atoms with E-state index in [-0.39, 0.29) is 17.6 Å². The van der Waals surface area contributed by atoms with Crippen LogP contribution >= 0.6 is 11.3 Å². The van der Waals surface area contributed by atoms with E-state index in [9.17, 15) is 14.0 Å². The second-order valence-corrected chi connectivity index (χ2v) is 8.17. The summed E-state index contributed by atoms with van der Waals surface area (Å²) in [6, 6.07) is 11.5. The van der Waals surface area contributed by atoms with Crippen LogP contribution in [-0.4, -0.2) is 59.9 Å². The first-order valence-electron chi connectivity index (χ1n) is 9.91. The van der Waals surface area contributed by atoms with E-state index in [4.69, 9.17) is 4.74 Å². The van der Waals surface area contributed by atoms with E-state index in [1.165, 1.54) is 23.5 Å². The molecular formula is C23H22FN3O3S. The van der Waals surface area contributed by atoms with Gasteiger partial charge in [-0.05, 0) is 48.9 Å². The number of rotatable bonds is 4. The third-order valence-electron chi connectivity index (χ3n) is 5.32. The average molecular weight is 440 g/mol. The number of amides is 2. The quantitative estimate of drug-likeness (QED) is 0.619. The van der Waals surface area contributed by atoms with Gasteiger partial charge in [-0.2, -0.15) is 0 Å². The molecule has 4 rings (SSSR count). The van der Waals surface area contributed by atoms with Crippen LogP contribution in [0.5, 0.6) is 5.75 Å². The number of hydrogen-bond acceptors (Lipinski definition) is 5. The van der Waals surface area contributed by atoms with Crippen LogP contribution < -0.4 is 4.74 Å². The molecule has 31 heavy (non-hydrogen) atoms. The van der Waals surface area contributed by atoms with E-state index in [0.717, 1.165) is 11.1 Å². The van der Waals surface area contributed by atoms with Crippen LogP contribution in [0.3, 0.4) is 0 Å². The first-order chi connectivity index (χ1) is 15.0. The second kappa shape index (κ2) is 8.85. The number of ether oxygens (including phenoxy) is 1. The van der Waals surface area contributed by atoms with Crippen molar-refractivity contribution in [2.45, 2.75) is 6.92 Å². The number of benzene rings is 2. The number of carbonyl (C=O) groups excluding carboxylic acids is 2. The largest absolute Gasteiger partial charge is 0.496 e. The van der Waals surface area contributed by atoms with Gasteiger partial charge >= 0.3 is 0 Å². The maximum absolute atomic E-state index is 13.1. The highest BCUT2D eigenvalue weighted by atomic mass is 32.1. The molecule has 0 spiro atoms. The van der Waals surface area contributed by atoms with Gasteiger partial charge in [0.25, 0.3) is 11.8 Å². The molecule has 160 valence electrons. The van der Waals surface area contributed by atoms with Crippen molar-refractivity contribution < 1.29 is 18.7 Å². The maximum Gasteiger partial charge on any atom is 0.273 e. The summed E-state index contributed by atoms with van der Waals surface area (Å²) in [6.07, 6.45) is 0. The molecule has 0 N–H and O–H groups in total. The highest BCUT2D eigenvalue weighted by Crippen LogP contribution is 2.25. The van der Waals surface area contributed by atoms with Crippen molar-refractivity contribution in [1.29, 1.82) is 0 Å². The number of thiazole rings is 1. The topological polar surface area (TPSA) is 62.7 Å². The van der Waals surface area contributed by atoms with Crippen LogP contribution in [0.2, 0.25) is 0 Å². The standard InChI is InChI=1S/C23H22FN3O3S/c1-15-3-4-17(13-20(15)30-2)22(28)26-9-11-27(12-10-26)23(29)19-14-31-21(25-19)16-5-7-18(24)8-6-16/h3-8,13-14H,9-12H2,1-2H3. The molecule has 2 heterocycles. The highest BCUT2D eigenvalue weighted by molar-refractivity contribution is 7.13. The predicted octanol–water partition coefficient (Wildman–Crippen LogP) is 3.86. The SMILES string of the molecule is COc1cc(C(=O)N2CCN(C(=O)c3csc(-c4ccc(F)cc4)n3)CC2)ccc1C. The van der Waals surface area contributed by atoms with Crippen LogP contribution in [0.15, 0.2) is 47.8 Å². The van der Waals surface area contributed by atoms with E-state index in [0.29, 0.717) is 48.2 Å². The summed E-state index contributed by atoms with van der Waals surface area (Å²) in [4.78, 5) is 33.6. The average Bonchev–Trinajstić information content (AvgIpc) is 3.29. The van der Waals surface area contributed by atoms with Crippen LogP contribution in [-0.2, 0) is 0 Å². The van der Waals surface area contributed by atoms with Gasteiger partial charge in [-0.15, -0.1) is 11.3 Å².